The second-order valence-electron chi connectivity index (χ2n) is 5.79. The summed E-state index contributed by atoms with van der Waals surface area (Å²) in [6.45, 7) is 0. The molecule has 0 aliphatic heterocycles. The molecular formula is C15H18O10. The lowest BCUT2D eigenvalue weighted by atomic mass is 9.79. The first-order valence-corrected chi connectivity index (χ1v) is 7.22. The molecule has 10 heteroatoms. The molecule has 0 heterocycles. The van der Waals surface area contributed by atoms with Crippen molar-refractivity contribution in [1.29, 1.82) is 0 Å². The van der Waals surface area contributed by atoms with Crippen molar-refractivity contribution < 1.29 is 49.7 Å². The number of carboxylic acid groups (broad SMARTS) is 1. The molecule has 0 bridgehead atoms. The Labute approximate surface area is 141 Å². The third kappa shape index (κ3) is 3.60. The molecule has 0 unspecified atom stereocenters. The monoisotopic (exact) mass is 358 g/mol. The van der Waals surface area contributed by atoms with Gasteiger partial charge in [0.1, 0.15) is 12.2 Å². The number of phenolic OH excluding ortho intramolecular Hbond substituents is 2. The summed E-state index contributed by atoms with van der Waals surface area (Å²) in [4.78, 5) is 23.3. The van der Waals surface area contributed by atoms with Crippen LogP contribution in [-0.4, -0.2) is 73.6 Å². The van der Waals surface area contributed by atoms with E-state index in [1.54, 1.807) is 0 Å². The van der Waals surface area contributed by atoms with E-state index in [1.165, 1.54) is 7.11 Å². The van der Waals surface area contributed by atoms with Crippen LogP contribution in [-0.2, 0) is 9.53 Å². The minimum Gasteiger partial charge on any atom is -0.504 e. The number of esters is 1. The molecule has 1 aliphatic rings. The second-order valence-corrected chi connectivity index (χ2v) is 5.79. The molecule has 0 aromatic heterocycles. The molecule has 0 spiro atoms. The van der Waals surface area contributed by atoms with Gasteiger partial charge in [0, 0.05) is 12.8 Å². The maximum atomic E-state index is 12.2. The zero-order chi connectivity index (χ0) is 18.9. The molecular weight excluding hydrogens is 340 g/mol. The number of ether oxygens (including phenoxy) is 2. The lowest BCUT2D eigenvalue weighted by Gasteiger charge is -2.39. The number of aliphatic carboxylic acids is 1. The quantitative estimate of drug-likeness (QED) is 0.288. The van der Waals surface area contributed by atoms with Crippen LogP contribution >= 0.6 is 0 Å². The fourth-order valence-corrected chi connectivity index (χ4v) is 2.61. The molecule has 1 aromatic carbocycles. The molecule has 1 saturated carbocycles. The molecule has 1 aliphatic carbocycles. The molecule has 10 nitrogen and oxygen atoms in total. The number of benzene rings is 1. The van der Waals surface area contributed by atoms with Crippen molar-refractivity contribution >= 4 is 11.9 Å². The minimum absolute atomic E-state index is 0.210. The summed E-state index contributed by atoms with van der Waals surface area (Å²) in [6.07, 6.45) is -5.97. The van der Waals surface area contributed by atoms with Gasteiger partial charge in [0.25, 0.3) is 0 Å². The average molecular weight is 358 g/mol. The summed E-state index contributed by atoms with van der Waals surface area (Å²) < 4.78 is 9.76. The first-order valence-electron chi connectivity index (χ1n) is 7.22. The van der Waals surface area contributed by atoms with Crippen LogP contribution in [0.4, 0.5) is 0 Å². The van der Waals surface area contributed by atoms with E-state index >= 15 is 0 Å². The number of carbonyl (C=O) groups is 2. The van der Waals surface area contributed by atoms with Crippen LogP contribution in [0.25, 0.3) is 0 Å². The number of carbonyl (C=O) groups excluding carboxylic acids is 1. The third-order valence-corrected chi connectivity index (χ3v) is 4.03. The van der Waals surface area contributed by atoms with Gasteiger partial charge < -0.3 is 40.1 Å². The van der Waals surface area contributed by atoms with Crippen LogP contribution in [0.3, 0.4) is 0 Å². The summed E-state index contributed by atoms with van der Waals surface area (Å²) in [6, 6.07) is 1.95. The van der Waals surface area contributed by atoms with Crippen molar-refractivity contribution in [3.63, 3.8) is 0 Å². The van der Waals surface area contributed by atoms with Gasteiger partial charge in [-0.1, -0.05) is 0 Å². The highest BCUT2D eigenvalue weighted by Gasteiger charge is 2.50. The molecule has 0 radical (unpaired) electrons. The summed E-state index contributed by atoms with van der Waals surface area (Å²) in [5, 5.41) is 57.8. The lowest BCUT2D eigenvalue weighted by molar-refractivity contribution is -0.187. The van der Waals surface area contributed by atoms with E-state index in [1.807, 2.05) is 0 Å². The van der Waals surface area contributed by atoms with Crippen LogP contribution in [0.1, 0.15) is 23.2 Å². The fourth-order valence-electron chi connectivity index (χ4n) is 2.61. The standard InChI is InChI=1S/C15H18O10/c1-24-9-3-6(2-7(16)11(9)18)13(20)25-10-5-15(23,14(21)22)4-8(17)12(10)19/h2-3,8,10,12,16-19,23H,4-5H2,1H3,(H,21,22)/t8-,10+,12-,15-/m1/s1. The number of hydrogen-bond donors (Lipinski definition) is 6. The Morgan fingerprint density at radius 1 is 1.20 bits per heavy atom. The highest BCUT2D eigenvalue weighted by molar-refractivity contribution is 5.91. The number of rotatable bonds is 4. The van der Waals surface area contributed by atoms with Crippen LogP contribution in [0.2, 0.25) is 0 Å². The lowest BCUT2D eigenvalue weighted by Crippen LogP contribution is -2.57. The summed E-state index contributed by atoms with van der Waals surface area (Å²) in [5.74, 6) is -4.16. The number of methoxy groups -OCH3 is 1. The molecule has 138 valence electrons. The number of phenols is 2. The van der Waals surface area contributed by atoms with Gasteiger partial charge in [-0.15, -0.1) is 0 Å². The molecule has 0 saturated heterocycles. The molecule has 6 N–H and O–H groups in total. The van der Waals surface area contributed by atoms with E-state index in [-0.39, 0.29) is 11.3 Å². The Morgan fingerprint density at radius 3 is 2.40 bits per heavy atom. The fraction of sp³-hybridized carbons (Fsp3) is 0.467. The topological polar surface area (TPSA) is 174 Å². The van der Waals surface area contributed by atoms with E-state index in [9.17, 15) is 35.1 Å². The van der Waals surface area contributed by atoms with Crippen molar-refractivity contribution in [2.75, 3.05) is 7.11 Å². The number of aliphatic hydroxyl groups is 3. The maximum absolute atomic E-state index is 12.2. The Kier molecular flexibility index (Phi) is 5.07. The molecule has 1 fully saturated rings. The van der Waals surface area contributed by atoms with Crippen molar-refractivity contribution in [2.24, 2.45) is 0 Å². The van der Waals surface area contributed by atoms with E-state index < -0.39 is 60.2 Å². The predicted molar refractivity (Wildman–Crippen MR) is 79.4 cm³/mol. The zero-order valence-electron chi connectivity index (χ0n) is 13.1. The number of carboxylic acids is 1. The maximum Gasteiger partial charge on any atom is 0.338 e. The number of hydrogen-bond acceptors (Lipinski definition) is 9. The molecule has 2 rings (SSSR count). The second kappa shape index (κ2) is 6.75. The van der Waals surface area contributed by atoms with Gasteiger partial charge in [0.05, 0.1) is 18.8 Å². The Bertz CT molecular complexity index is 687. The SMILES string of the molecule is COc1cc(C(=O)O[C@H]2C[C@@](O)(C(=O)O)C[C@@H](O)[C@H]2O)cc(O)c1O. The van der Waals surface area contributed by atoms with E-state index in [0.29, 0.717) is 0 Å². The van der Waals surface area contributed by atoms with Gasteiger partial charge in [-0.25, -0.2) is 9.59 Å². The first-order chi connectivity index (χ1) is 11.6. The molecule has 0 amide bonds. The van der Waals surface area contributed by atoms with E-state index in [4.69, 9.17) is 14.6 Å². The number of aliphatic hydroxyl groups excluding tert-OH is 2. The number of aromatic hydroxyl groups is 2. The zero-order valence-corrected chi connectivity index (χ0v) is 13.1. The van der Waals surface area contributed by atoms with Crippen LogP contribution in [0.15, 0.2) is 12.1 Å². The largest absolute Gasteiger partial charge is 0.504 e. The summed E-state index contributed by atoms with van der Waals surface area (Å²) in [7, 11) is 1.19. The van der Waals surface area contributed by atoms with Crippen molar-refractivity contribution in [1.82, 2.24) is 0 Å². The average Bonchev–Trinajstić information content (AvgIpc) is 2.54. The van der Waals surface area contributed by atoms with Gasteiger partial charge in [0.15, 0.2) is 17.1 Å². The van der Waals surface area contributed by atoms with Crippen molar-refractivity contribution in [2.45, 2.75) is 36.8 Å². The minimum atomic E-state index is -2.36. The van der Waals surface area contributed by atoms with Crippen LogP contribution < -0.4 is 4.74 Å². The van der Waals surface area contributed by atoms with Crippen molar-refractivity contribution in [3.8, 4) is 17.2 Å². The Morgan fingerprint density at radius 2 is 1.84 bits per heavy atom. The summed E-state index contributed by atoms with van der Waals surface area (Å²) >= 11 is 0. The van der Waals surface area contributed by atoms with Gasteiger partial charge in [-0.05, 0) is 12.1 Å². The highest BCUT2D eigenvalue weighted by atomic mass is 16.6. The normalized spacial score (nSPS) is 29.0. The summed E-state index contributed by atoms with van der Waals surface area (Å²) in [5.41, 5.74) is -2.61. The smallest absolute Gasteiger partial charge is 0.338 e. The Balaban J connectivity index is 2.24. The molecule has 1 aromatic rings. The predicted octanol–water partition coefficient (Wildman–Crippen LogP) is -1.04. The molecule has 25 heavy (non-hydrogen) atoms. The first kappa shape index (κ1) is 18.8. The Hall–Kier alpha value is -2.56. The highest BCUT2D eigenvalue weighted by Crippen LogP contribution is 2.37. The van der Waals surface area contributed by atoms with Gasteiger partial charge in [-0.2, -0.15) is 0 Å². The van der Waals surface area contributed by atoms with Crippen LogP contribution in [0, 0.1) is 0 Å². The molecule has 4 atom stereocenters. The van der Waals surface area contributed by atoms with Gasteiger partial charge >= 0.3 is 11.9 Å². The van der Waals surface area contributed by atoms with E-state index in [2.05, 4.69) is 0 Å². The van der Waals surface area contributed by atoms with Gasteiger partial charge in [0.2, 0.25) is 5.75 Å². The van der Waals surface area contributed by atoms with Gasteiger partial charge in [-0.3, -0.25) is 0 Å². The van der Waals surface area contributed by atoms with Crippen molar-refractivity contribution in [3.05, 3.63) is 17.7 Å². The van der Waals surface area contributed by atoms with E-state index in [0.717, 1.165) is 12.1 Å². The van der Waals surface area contributed by atoms with Crippen LogP contribution in [0.5, 0.6) is 17.2 Å². The third-order valence-electron chi connectivity index (χ3n) is 4.03.